The number of carbonyl (C=O) groups excluding carboxylic acids is 1. The smallest absolute Gasteiger partial charge is 0.254 e. The molecule has 3 nitrogen and oxygen atoms in total. The fourth-order valence-electron chi connectivity index (χ4n) is 1.76. The Morgan fingerprint density at radius 1 is 1.10 bits per heavy atom. The molecule has 4 heteroatoms. The first kappa shape index (κ1) is 14.8. The summed E-state index contributed by atoms with van der Waals surface area (Å²) in [6.07, 6.45) is 0. The monoisotopic (exact) mass is 381 g/mol. The SMILES string of the molecule is CN(CCOc1ccccc1)C(=O)c1ccccc1I. The Hall–Kier alpha value is -1.56. The van der Waals surface area contributed by atoms with Crippen molar-refractivity contribution in [3.05, 3.63) is 63.7 Å². The first-order valence-corrected chi connectivity index (χ1v) is 7.44. The van der Waals surface area contributed by atoms with Crippen molar-refractivity contribution in [2.24, 2.45) is 0 Å². The summed E-state index contributed by atoms with van der Waals surface area (Å²) in [6, 6.07) is 17.2. The summed E-state index contributed by atoms with van der Waals surface area (Å²) in [6.45, 7) is 1.04. The van der Waals surface area contributed by atoms with Crippen LogP contribution in [0.3, 0.4) is 0 Å². The summed E-state index contributed by atoms with van der Waals surface area (Å²) < 4.78 is 6.56. The van der Waals surface area contributed by atoms with Crippen LogP contribution in [0, 0.1) is 3.57 Å². The average molecular weight is 381 g/mol. The lowest BCUT2D eigenvalue weighted by Crippen LogP contribution is -2.31. The van der Waals surface area contributed by atoms with Gasteiger partial charge in [-0.05, 0) is 46.9 Å². The van der Waals surface area contributed by atoms with E-state index >= 15 is 0 Å². The van der Waals surface area contributed by atoms with Gasteiger partial charge in [0.1, 0.15) is 12.4 Å². The molecule has 0 N–H and O–H groups in total. The van der Waals surface area contributed by atoms with Gasteiger partial charge in [-0.3, -0.25) is 4.79 Å². The number of ether oxygens (including phenoxy) is 1. The highest BCUT2D eigenvalue weighted by Gasteiger charge is 2.13. The largest absolute Gasteiger partial charge is 0.492 e. The molecule has 20 heavy (non-hydrogen) atoms. The second kappa shape index (κ2) is 7.28. The summed E-state index contributed by atoms with van der Waals surface area (Å²) in [7, 11) is 1.79. The molecule has 0 spiro atoms. The van der Waals surface area contributed by atoms with Crippen LogP contribution in [0.5, 0.6) is 5.75 Å². The van der Waals surface area contributed by atoms with Crippen LogP contribution in [-0.4, -0.2) is 31.0 Å². The van der Waals surface area contributed by atoms with E-state index in [0.717, 1.165) is 14.9 Å². The molecule has 2 aromatic rings. The molecule has 0 saturated carbocycles. The molecule has 0 saturated heterocycles. The van der Waals surface area contributed by atoms with Gasteiger partial charge in [-0.2, -0.15) is 0 Å². The molecule has 0 aromatic heterocycles. The zero-order valence-corrected chi connectivity index (χ0v) is 13.4. The van der Waals surface area contributed by atoms with Crippen LogP contribution in [0.2, 0.25) is 0 Å². The van der Waals surface area contributed by atoms with Crippen LogP contribution < -0.4 is 4.74 Å². The van der Waals surface area contributed by atoms with Crippen molar-refractivity contribution >= 4 is 28.5 Å². The van der Waals surface area contributed by atoms with E-state index in [0.29, 0.717) is 13.2 Å². The highest BCUT2D eigenvalue weighted by atomic mass is 127. The van der Waals surface area contributed by atoms with Gasteiger partial charge in [0.15, 0.2) is 0 Å². The van der Waals surface area contributed by atoms with Gasteiger partial charge >= 0.3 is 0 Å². The third-order valence-corrected chi connectivity index (χ3v) is 3.83. The van der Waals surface area contributed by atoms with E-state index in [1.165, 1.54) is 0 Å². The first-order chi connectivity index (χ1) is 9.68. The number of hydrogen-bond acceptors (Lipinski definition) is 2. The predicted molar refractivity (Wildman–Crippen MR) is 88.1 cm³/mol. The molecule has 0 aliphatic rings. The molecule has 2 rings (SSSR count). The number of hydrogen-bond donors (Lipinski definition) is 0. The zero-order valence-electron chi connectivity index (χ0n) is 11.3. The number of nitrogens with zero attached hydrogens (tertiary/aromatic N) is 1. The summed E-state index contributed by atoms with van der Waals surface area (Å²) in [5.41, 5.74) is 0.732. The van der Waals surface area contributed by atoms with Crippen LogP contribution >= 0.6 is 22.6 Å². The molecule has 0 aliphatic heterocycles. The van der Waals surface area contributed by atoms with Crippen molar-refractivity contribution in [2.75, 3.05) is 20.2 Å². The fourth-order valence-corrected chi connectivity index (χ4v) is 2.38. The summed E-state index contributed by atoms with van der Waals surface area (Å²) in [4.78, 5) is 14.0. The number of amides is 1. The molecule has 0 atom stereocenters. The molecule has 2 aromatic carbocycles. The lowest BCUT2D eigenvalue weighted by atomic mass is 10.2. The van der Waals surface area contributed by atoms with E-state index in [4.69, 9.17) is 4.74 Å². The maximum Gasteiger partial charge on any atom is 0.254 e. The zero-order chi connectivity index (χ0) is 14.4. The summed E-state index contributed by atoms with van der Waals surface area (Å²) in [5, 5.41) is 0. The molecular formula is C16H16INO2. The Balaban J connectivity index is 1.87. The fraction of sp³-hybridized carbons (Fsp3) is 0.188. The van der Waals surface area contributed by atoms with Crippen LogP contribution in [0.15, 0.2) is 54.6 Å². The topological polar surface area (TPSA) is 29.5 Å². The first-order valence-electron chi connectivity index (χ1n) is 6.36. The minimum atomic E-state index is 0.0201. The van der Waals surface area contributed by atoms with E-state index < -0.39 is 0 Å². The standard InChI is InChI=1S/C16H16INO2/c1-18(11-12-20-13-7-3-2-4-8-13)16(19)14-9-5-6-10-15(14)17/h2-10H,11-12H2,1H3. The number of likely N-dealkylation sites (N-methyl/N-ethyl adjacent to an activating group) is 1. The Kier molecular flexibility index (Phi) is 5.40. The molecule has 104 valence electrons. The lowest BCUT2D eigenvalue weighted by molar-refractivity contribution is 0.0772. The highest BCUT2D eigenvalue weighted by Crippen LogP contribution is 2.13. The Morgan fingerprint density at radius 2 is 1.75 bits per heavy atom. The van der Waals surface area contributed by atoms with Gasteiger partial charge in [0.2, 0.25) is 0 Å². The van der Waals surface area contributed by atoms with Gasteiger partial charge in [-0.15, -0.1) is 0 Å². The number of para-hydroxylation sites is 1. The van der Waals surface area contributed by atoms with Crippen LogP contribution in [-0.2, 0) is 0 Å². The van der Waals surface area contributed by atoms with E-state index in [2.05, 4.69) is 22.6 Å². The van der Waals surface area contributed by atoms with Crippen molar-refractivity contribution in [1.29, 1.82) is 0 Å². The maximum atomic E-state index is 12.3. The highest BCUT2D eigenvalue weighted by molar-refractivity contribution is 14.1. The van der Waals surface area contributed by atoms with Crippen LogP contribution in [0.4, 0.5) is 0 Å². The van der Waals surface area contributed by atoms with E-state index in [1.54, 1.807) is 11.9 Å². The minimum absolute atomic E-state index is 0.0201. The predicted octanol–water partition coefficient (Wildman–Crippen LogP) is 3.44. The second-order valence-corrected chi connectivity index (χ2v) is 5.53. The maximum absolute atomic E-state index is 12.3. The number of rotatable bonds is 5. The van der Waals surface area contributed by atoms with Gasteiger partial charge in [0.05, 0.1) is 12.1 Å². The number of carbonyl (C=O) groups is 1. The summed E-state index contributed by atoms with van der Waals surface area (Å²) in [5.74, 6) is 0.842. The summed E-state index contributed by atoms with van der Waals surface area (Å²) >= 11 is 2.18. The quantitative estimate of drug-likeness (QED) is 0.743. The molecule has 0 fully saturated rings. The average Bonchev–Trinajstić information content (AvgIpc) is 2.48. The Labute approximate surface area is 132 Å². The van der Waals surface area contributed by atoms with Crippen molar-refractivity contribution in [2.45, 2.75) is 0 Å². The van der Waals surface area contributed by atoms with E-state index in [1.807, 2.05) is 54.6 Å². The van der Waals surface area contributed by atoms with Gasteiger partial charge in [-0.1, -0.05) is 30.3 Å². The van der Waals surface area contributed by atoms with Crippen molar-refractivity contribution in [3.63, 3.8) is 0 Å². The van der Waals surface area contributed by atoms with Crippen LogP contribution in [0.1, 0.15) is 10.4 Å². The van der Waals surface area contributed by atoms with Crippen molar-refractivity contribution in [1.82, 2.24) is 4.90 Å². The second-order valence-electron chi connectivity index (χ2n) is 4.37. The molecule has 0 aliphatic carbocycles. The van der Waals surface area contributed by atoms with Gasteiger partial charge in [0, 0.05) is 10.6 Å². The third kappa shape index (κ3) is 3.96. The molecule has 0 radical (unpaired) electrons. The molecular weight excluding hydrogens is 365 g/mol. The van der Waals surface area contributed by atoms with Crippen molar-refractivity contribution < 1.29 is 9.53 Å². The number of benzene rings is 2. The van der Waals surface area contributed by atoms with E-state index in [9.17, 15) is 4.79 Å². The normalized spacial score (nSPS) is 10.1. The molecule has 1 amide bonds. The molecule has 0 unspecified atom stereocenters. The van der Waals surface area contributed by atoms with Crippen LogP contribution in [0.25, 0.3) is 0 Å². The number of halogens is 1. The van der Waals surface area contributed by atoms with Crippen molar-refractivity contribution in [3.8, 4) is 5.75 Å². The van der Waals surface area contributed by atoms with Gasteiger partial charge in [-0.25, -0.2) is 0 Å². The van der Waals surface area contributed by atoms with Gasteiger partial charge in [0.25, 0.3) is 5.91 Å². The van der Waals surface area contributed by atoms with E-state index in [-0.39, 0.29) is 5.91 Å². The Morgan fingerprint density at radius 3 is 2.45 bits per heavy atom. The molecule has 0 bridgehead atoms. The third-order valence-electron chi connectivity index (χ3n) is 2.89. The molecule has 0 heterocycles. The minimum Gasteiger partial charge on any atom is -0.492 e. The Bertz CT molecular complexity index is 572. The van der Waals surface area contributed by atoms with Gasteiger partial charge < -0.3 is 9.64 Å². The lowest BCUT2D eigenvalue weighted by Gasteiger charge is -2.18.